The number of nitrogens with one attached hydrogen (secondary N) is 1. The van der Waals surface area contributed by atoms with Crippen LogP contribution in [0, 0.1) is 11.6 Å². The third kappa shape index (κ3) is 4.17. The molecule has 1 atom stereocenters. The predicted octanol–water partition coefficient (Wildman–Crippen LogP) is 3.43. The van der Waals surface area contributed by atoms with Crippen LogP contribution >= 0.6 is 36.4 Å². The normalized spacial score (nSPS) is 17.3. The Morgan fingerprint density at radius 1 is 1.16 bits per heavy atom. The van der Waals surface area contributed by atoms with Crippen LogP contribution in [0.3, 0.4) is 0 Å². The van der Waals surface area contributed by atoms with Crippen molar-refractivity contribution in [2.24, 2.45) is 0 Å². The highest BCUT2D eigenvalue weighted by Gasteiger charge is 2.24. The number of nitrogens with zero attached hydrogens (tertiary/aromatic N) is 1. The molecule has 0 radical (unpaired) electrons. The van der Waals surface area contributed by atoms with Crippen LogP contribution in [0.2, 0.25) is 5.02 Å². The lowest BCUT2D eigenvalue weighted by Crippen LogP contribution is -2.44. The molecular weight excluding hydrogens is 317 g/mol. The number of hydrogen-bond acceptors (Lipinski definition) is 2. The van der Waals surface area contributed by atoms with E-state index in [4.69, 9.17) is 11.6 Å². The number of piperazine rings is 1. The maximum atomic E-state index is 13.7. The fourth-order valence-electron chi connectivity index (χ4n) is 2.18. The minimum atomic E-state index is -0.565. The van der Waals surface area contributed by atoms with Gasteiger partial charge in [-0.05, 0) is 19.1 Å². The van der Waals surface area contributed by atoms with Gasteiger partial charge in [-0.3, -0.25) is 4.90 Å². The first-order chi connectivity index (χ1) is 8.11. The van der Waals surface area contributed by atoms with Crippen molar-refractivity contribution in [2.75, 3.05) is 26.2 Å². The molecule has 1 N–H and O–H groups in total. The average Bonchev–Trinajstić information content (AvgIpc) is 2.35. The summed E-state index contributed by atoms with van der Waals surface area (Å²) in [4.78, 5) is 2.10. The van der Waals surface area contributed by atoms with Gasteiger partial charge in [0.15, 0.2) is 0 Å². The van der Waals surface area contributed by atoms with E-state index in [9.17, 15) is 8.78 Å². The van der Waals surface area contributed by atoms with Crippen molar-refractivity contribution in [3.63, 3.8) is 0 Å². The van der Waals surface area contributed by atoms with Crippen LogP contribution in [-0.2, 0) is 0 Å². The second-order valence-electron chi connectivity index (χ2n) is 4.22. The second kappa shape index (κ2) is 8.22. The van der Waals surface area contributed by atoms with Crippen molar-refractivity contribution >= 4 is 36.4 Å². The third-order valence-electron chi connectivity index (χ3n) is 3.20. The van der Waals surface area contributed by atoms with Crippen molar-refractivity contribution in [2.45, 2.75) is 13.0 Å². The van der Waals surface area contributed by atoms with Crippen LogP contribution in [0.4, 0.5) is 8.78 Å². The maximum absolute atomic E-state index is 13.7. The Labute approximate surface area is 129 Å². The molecule has 2 nitrogen and oxygen atoms in total. The molecule has 0 spiro atoms. The van der Waals surface area contributed by atoms with E-state index in [0.717, 1.165) is 38.3 Å². The Bertz CT molecular complexity index is 412. The first kappa shape index (κ1) is 18.9. The fraction of sp³-hybridized carbons (Fsp3) is 0.500. The lowest BCUT2D eigenvalue weighted by Gasteiger charge is -2.33. The molecule has 2 rings (SSSR count). The zero-order chi connectivity index (χ0) is 12.4. The minimum Gasteiger partial charge on any atom is -0.314 e. The van der Waals surface area contributed by atoms with E-state index in [1.54, 1.807) is 0 Å². The molecular formula is C12H17Cl3F2N2. The summed E-state index contributed by atoms with van der Waals surface area (Å²) in [6.07, 6.45) is 0. The first-order valence-electron chi connectivity index (χ1n) is 5.69. The summed E-state index contributed by atoms with van der Waals surface area (Å²) in [7, 11) is 0. The predicted molar refractivity (Wildman–Crippen MR) is 78.7 cm³/mol. The van der Waals surface area contributed by atoms with Crippen molar-refractivity contribution < 1.29 is 8.78 Å². The van der Waals surface area contributed by atoms with E-state index >= 15 is 0 Å². The zero-order valence-electron chi connectivity index (χ0n) is 10.5. The molecule has 7 heteroatoms. The standard InChI is InChI=1S/C12H15ClF2N2.2ClH/c1-8(17-6-4-16-5-7-17)11-9(14)2-3-10(15)12(11)13;;/h2-3,8,16H,4-7H2,1H3;2*1H/t8-;;/m1../s1. The van der Waals surface area contributed by atoms with Crippen LogP contribution in [0.1, 0.15) is 18.5 Å². The summed E-state index contributed by atoms with van der Waals surface area (Å²) in [5.74, 6) is -1.01. The largest absolute Gasteiger partial charge is 0.314 e. The van der Waals surface area contributed by atoms with E-state index in [1.807, 2.05) is 6.92 Å². The molecule has 19 heavy (non-hydrogen) atoms. The first-order valence-corrected chi connectivity index (χ1v) is 6.07. The van der Waals surface area contributed by atoms with Crippen LogP contribution < -0.4 is 5.32 Å². The molecule has 1 heterocycles. The summed E-state index contributed by atoms with van der Waals surface area (Å²) in [6, 6.07) is 1.99. The SMILES string of the molecule is C[C@H](c1c(F)ccc(F)c1Cl)N1CCNCC1.Cl.Cl. The molecule has 1 aromatic carbocycles. The van der Waals surface area contributed by atoms with Crippen molar-refractivity contribution in [1.82, 2.24) is 10.2 Å². The molecule has 0 aromatic heterocycles. The van der Waals surface area contributed by atoms with Crippen molar-refractivity contribution in [3.05, 3.63) is 34.4 Å². The average molecular weight is 334 g/mol. The number of rotatable bonds is 2. The summed E-state index contributed by atoms with van der Waals surface area (Å²) >= 11 is 5.86. The van der Waals surface area contributed by atoms with E-state index in [2.05, 4.69) is 10.2 Å². The lowest BCUT2D eigenvalue weighted by atomic mass is 10.1. The highest BCUT2D eigenvalue weighted by Crippen LogP contribution is 2.31. The highest BCUT2D eigenvalue weighted by atomic mass is 35.5. The van der Waals surface area contributed by atoms with Gasteiger partial charge >= 0.3 is 0 Å². The van der Waals surface area contributed by atoms with Crippen LogP contribution in [0.15, 0.2) is 12.1 Å². The Kier molecular flexibility index (Phi) is 8.17. The van der Waals surface area contributed by atoms with Crippen LogP contribution in [-0.4, -0.2) is 31.1 Å². The van der Waals surface area contributed by atoms with E-state index in [0.29, 0.717) is 0 Å². The summed E-state index contributed by atoms with van der Waals surface area (Å²) in [5.41, 5.74) is 0.258. The molecule has 0 bridgehead atoms. The van der Waals surface area contributed by atoms with Gasteiger partial charge in [0.2, 0.25) is 0 Å². The molecule has 1 aromatic rings. The van der Waals surface area contributed by atoms with Crippen molar-refractivity contribution in [3.8, 4) is 0 Å². The third-order valence-corrected chi connectivity index (χ3v) is 3.58. The minimum absolute atomic E-state index is 0. The molecule has 0 unspecified atom stereocenters. The van der Waals surface area contributed by atoms with E-state index < -0.39 is 11.6 Å². The Morgan fingerprint density at radius 3 is 2.26 bits per heavy atom. The van der Waals surface area contributed by atoms with Gasteiger partial charge < -0.3 is 5.32 Å². The number of hydrogen-bond donors (Lipinski definition) is 1. The van der Waals surface area contributed by atoms with Gasteiger partial charge in [0, 0.05) is 37.8 Å². The van der Waals surface area contributed by atoms with Gasteiger partial charge in [0.25, 0.3) is 0 Å². The van der Waals surface area contributed by atoms with Gasteiger partial charge in [-0.2, -0.15) is 0 Å². The molecule has 0 aliphatic carbocycles. The Balaban J connectivity index is 0.00000162. The maximum Gasteiger partial charge on any atom is 0.142 e. The van der Waals surface area contributed by atoms with Crippen LogP contribution in [0.5, 0.6) is 0 Å². The smallest absolute Gasteiger partial charge is 0.142 e. The van der Waals surface area contributed by atoms with Gasteiger partial charge in [0.1, 0.15) is 11.6 Å². The number of benzene rings is 1. The molecule has 1 saturated heterocycles. The van der Waals surface area contributed by atoms with E-state index in [-0.39, 0.29) is 41.4 Å². The number of halogens is 5. The van der Waals surface area contributed by atoms with Gasteiger partial charge in [-0.15, -0.1) is 24.8 Å². The van der Waals surface area contributed by atoms with Crippen molar-refractivity contribution in [1.29, 1.82) is 0 Å². The van der Waals surface area contributed by atoms with Gasteiger partial charge in [0.05, 0.1) is 5.02 Å². The summed E-state index contributed by atoms with van der Waals surface area (Å²) in [6.45, 7) is 5.20. The monoisotopic (exact) mass is 332 g/mol. The fourth-order valence-corrected chi connectivity index (χ4v) is 2.49. The Hall–Kier alpha value is -0.130. The highest BCUT2D eigenvalue weighted by molar-refractivity contribution is 6.31. The molecule has 0 amide bonds. The second-order valence-corrected chi connectivity index (χ2v) is 4.60. The Morgan fingerprint density at radius 2 is 1.68 bits per heavy atom. The lowest BCUT2D eigenvalue weighted by molar-refractivity contribution is 0.182. The summed E-state index contributed by atoms with van der Waals surface area (Å²) < 4.78 is 27.1. The van der Waals surface area contributed by atoms with Gasteiger partial charge in [-0.1, -0.05) is 11.6 Å². The molecule has 0 saturated carbocycles. The molecule has 1 aliphatic heterocycles. The van der Waals surface area contributed by atoms with Gasteiger partial charge in [-0.25, -0.2) is 8.78 Å². The topological polar surface area (TPSA) is 15.3 Å². The quantitative estimate of drug-likeness (QED) is 0.834. The van der Waals surface area contributed by atoms with Crippen LogP contribution in [0.25, 0.3) is 0 Å². The molecule has 1 fully saturated rings. The zero-order valence-corrected chi connectivity index (χ0v) is 12.8. The van der Waals surface area contributed by atoms with E-state index in [1.165, 1.54) is 0 Å². The summed E-state index contributed by atoms with van der Waals surface area (Å²) in [5, 5.41) is 3.12. The molecule has 110 valence electrons. The molecule has 1 aliphatic rings.